The van der Waals surface area contributed by atoms with Crippen LogP contribution in [0.4, 0.5) is 5.69 Å². The molecule has 0 atom stereocenters. The Morgan fingerprint density at radius 2 is 1.75 bits per heavy atom. The number of aromatic nitrogens is 2. The molecule has 2 aromatic rings. The van der Waals surface area contributed by atoms with E-state index < -0.39 is 5.76 Å². The van der Waals surface area contributed by atoms with Gasteiger partial charge < -0.3 is 4.90 Å². The molecular formula is C23H30N4O3S2. The van der Waals surface area contributed by atoms with Crippen molar-refractivity contribution < 1.29 is 9.32 Å². The Labute approximate surface area is 198 Å². The summed E-state index contributed by atoms with van der Waals surface area (Å²) >= 11 is 6.59. The van der Waals surface area contributed by atoms with E-state index in [1.165, 1.54) is 60.9 Å². The second-order valence-electron chi connectivity index (χ2n) is 7.80. The topological polar surface area (TPSA) is 82.4 Å². The van der Waals surface area contributed by atoms with Gasteiger partial charge in [-0.25, -0.2) is 4.79 Å². The third kappa shape index (κ3) is 6.56. The first-order valence-corrected chi connectivity index (χ1v) is 12.4. The molecule has 1 aliphatic heterocycles. The average Bonchev–Trinajstić information content (AvgIpc) is 3.31. The minimum Gasteiger partial charge on any atom is -0.372 e. The largest absolute Gasteiger partial charge is 0.438 e. The molecule has 1 aromatic heterocycles. The Balaban J connectivity index is 1.68. The molecule has 7 nitrogen and oxygen atoms in total. The van der Waals surface area contributed by atoms with Crippen LogP contribution in [0.1, 0.15) is 63.8 Å². The van der Waals surface area contributed by atoms with Gasteiger partial charge in [-0.15, -0.1) is 0 Å². The number of rotatable bonds is 12. The van der Waals surface area contributed by atoms with Crippen molar-refractivity contribution in [1.82, 2.24) is 15.0 Å². The molecule has 32 heavy (non-hydrogen) atoms. The Bertz CT molecular complexity index is 987. The summed E-state index contributed by atoms with van der Waals surface area (Å²) in [4.78, 5) is 30.8. The molecule has 1 aromatic carbocycles. The van der Waals surface area contributed by atoms with Crippen LogP contribution in [0, 0.1) is 0 Å². The van der Waals surface area contributed by atoms with Crippen LogP contribution in [0.15, 0.2) is 38.5 Å². The second kappa shape index (κ2) is 12.0. The van der Waals surface area contributed by atoms with Gasteiger partial charge in [0.25, 0.3) is 5.91 Å². The Morgan fingerprint density at radius 3 is 2.31 bits per heavy atom. The summed E-state index contributed by atoms with van der Waals surface area (Å²) in [6, 6.07) is 8.35. The predicted octanol–water partition coefficient (Wildman–Crippen LogP) is 4.95. The van der Waals surface area contributed by atoms with Gasteiger partial charge in [-0.1, -0.05) is 80.8 Å². The zero-order valence-electron chi connectivity index (χ0n) is 18.6. The molecule has 0 spiro atoms. The predicted molar refractivity (Wildman–Crippen MR) is 134 cm³/mol. The van der Waals surface area contributed by atoms with Crippen molar-refractivity contribution in [2.75, 3.05) is 18.0 Å². The number of nitrogens with zero attached hydrogens (tertiary/aromatic N) is 3. The molecule has 1 fully saturated rings. The number of anilines is 1. The number of H-pyrrole nitrogens is 1. The monoisotopic (exact) mass is 474 g/mol. The highest BCUT2D eigenvalue weighted by Crippen LogP contribution is 2.33. The number of nitrogens with one attached hydrogen (secondary N) is 1. The van der Waals surface area contributed by atoms with Gasteiger partial charge >= 0.3 is 5.76 Å². The summed E-state index contributed by atoms with van der Waals surface area (Å²) in [5, 5.41) is 3.61. The van der Waals surface area contributed by atoms with E-state index >= 15 is 0 Å². The van der Waals surface area contributed by atoms with Gasteiger partial charge in [0, 0.05) is 18.8 Å². The van der Waals surface area contributed by atoms with Gasteiger partial charge in [0.15, 0.2) is 5.82 Å². The number of hydrogen-bond acceptors (Lipinski definition) is 7. The van der Waals surface area contributed by atoms with Crippen molar-refractivity contribution in [2.24, 2.45) is 0 Å². The molecule has 1 N–H and O–H groups in total. The number of hydrogen-bond donors (Lipinski definition) is 1. The molecule has 0 saturated carbocycles. The number of unbranched alkanes of at least 4 members (excludes halogenated alkanes) is 4. The summed E-state index contributed by atoms with van der Waals surface area (Å²) < 4.78 is 4.92. The summed E-state index contributed by atoms with van der Waals surface area (Å²) in [6.07, 6.45) is 9.17. The standard InChI is InChI=1S/C23H30N4O3S2/c1-3-5-7-13-26(14-8-6-4-2)18-11-9-17(10-12-18)15-19-21(28)27(23(31)32-19)16-20-24-22(29)30-25-20/h9-12,15H,3-8,13-14,16H2,1-2H3,(H,24,25,29). The number of carbonyl (C=O) groups excluding carboxylic acids is 1. The highest BCUT2D eigenvalue weighted by Gasteiger charge is 2.32. The van der Waals surface area contributed by atoms with Crippen molar-refractivity contribution in [1.29, 1.82) is 0 Å². The molecule has 0 bridgehead atoms. The first-order valence-electron chi connectivity index (χ1n) is 11.2. The van der Waals surface area contributed by atoms with E-state index in [4.69, 9.17) is 12.2 Å². The van der Waals surface area contributed by atoms with Crippen LogP contribution in [-0.2, 0) is 11.3 Å². The van der Waals surface area contributed by atoms with Gasteiger partial charge in [-0.05, 0) is 36.6 Å². The molecule has 1 aliphatic rings. The van der Waals surface area contributed by atoms with Gasteiger partial charge in [-0.2, -0.15) is 0 Å². The lowest BCUT2D eigenvalue weighted by atomic mass is 10.1. The fourth-order valence-corrected chi connectivity index (χ4v) is 4.78. The molecule has 1 saturated heterocycles. The number of thiocarbonyl (C=S) groups is 1. The molecule has 2 heterocycles. The zero-order valence-corrected chi connectivity index (χ0v) is 20.3. The SMILES string of the molecule is CCCCCN(CCCCC)c1ccc(C=C2SC(=S)N(Cc3noc(=O)[nH]3)C2=O)cc1. The fraction of sp³-hybridized carbons (Fsp3) is 0.478. The van der Waals surface area contributed by atoms with E-state index in [-0.39, 0.29) is 18.3 Å². The molecule has 3 rings (SSSR count). The number of benzene rings is 1. The molecule has 9 heteroatoms. The zero-order chi connectivity index (χ0) is 22.9. The Kier molecular flexibility index (Phi) is 9.11. The van der Waals surface area contributed by atoms with Gasteiger partial charge in [0.05, 0.1) is 11.4 Å². The fourth-order valence-electron chi connectivity index (χ4n) is 3.52. The molecule has 0 radical (unpaired) electrons. The second-order valence-corrected chi connectivity index (χ2v) is 9.48. The van der Waals surface area contributed by atoms with Crippen LogP contribution in [-0.4, -0.2) is 38.4 Å². The normalized spacial score (nSPS) is 15.2. The summed E-state index contributed by atoms with van der Waals surface area (Å²) in [5.41, 5.74) is 2.17. The maximum Gasteiger partial charge on any atom is 0.438 e. The van der Waals surface area contributed by atoms with Crippen LogP contribution < -0.4 is 10.7 Å². The van der Waals surface area contributed by atoms with Crippen molar-refractivity contribution in [3.63, 3.8) is 0 Å². The Morgan fingerprint density at radius 1 is 1.09 bits per heavy atom. The number of thioether (sulfide) groups is 1. The lowest BCUT2D eigenvalue weighted by Gasteiger charge is -2.25. The average molecular weight is 475 g/mol. The van der Waals surface area contributed by atoms with Crippen LogP contribution in [0.2, 0.25) is 0 Å². The van der Waals surface area contributed by atoms with Crippen molar-refractivity contribution in [2.45, 2.75) is 58.9 Å². The van der Waals surface area contributed by atoms with E-state index in [1.54, 1.807) is 0 Å². The summed E-state index contributed by atoms with van der Waals surface area (Å²) in [5.74, 6) is -0.587. The number of aromatic amines is 1. The van der Waals surface area contributed by atoms with Gasteiger partial charge in [-0.3, -0.25) is 19.2 Å². The van der Waals surface area contributed by atoms with Crippen molar-refractivity contribution in [3.05, 3.63) is 51.1 Å². The molecule has 172 valence electrons. The summed E-state index contributed by atoms with van der Waals surface area (Å²) in [6.45, 7) is 6.67. The van der Waals surface area contributed by atoms with E-state index in [0.717, 1.165) is 18.7 Å². The van der Waals surface area contributed by atoms with Gasteiger partial charge in [0.2, 0.25) is 0 Å². The molecular weight excluding hydrogens is 444 g/mol. The quantitative estimate of drug-likeness (QED) is 0.265. The molecule has 1 amide bonds. The smallest absolute Gasteiger partial charge is 0.372 e. The van der Waals surface area contributed by atoms with Crippen LogP contribution in [0.5, 0.6) is 0 Å². The maximum absolute atomic E-state index is 12.8. The first kappa shape index (κ1) is 24.3. The van der Waals surface area contributed by atoms with E-state index in [0.29, 0.717) is 9.23 Å². The first-order chi connectivity index (χ1) is 15.5. The lowest BCUT2D eigenvalue weighted by molar-refractivity contribution is -0.122. The highest BCUT2D eigenvalue weighted by molar-refractivity contribution is 8.26. The molecule has 0 aliphatic carbocycles. The minimum absolute atomic E-state index is 0.0805. The number of carbonyl (C=O) groups is 1. The third-order valence-electron chi connectivity index (χ3n) is 5.29. The van der Waals surface area contributed by atoms with E-state index in [9.17, 15) is 9.59 Å². The Hall–Kier alpha value is -2.39. The van der Waals surface area contributed by atoms with Crippen LogP contribution >= 0.6 is 24.0 Å². The minimum atomic E-state index is -0.653. The van der Waals surface area contributed by atoms with Crippen molar-refractivity contribution in [3.8, 4) is 0 Å². The third-order valence-corrected chi connectivity index (χ3v) is 6.66. The van der Waals surface area contributed by atoms with E-state index in [1.807, 2.05) is 18.2 Å². The van der Waals surface area contributed by atoms with Crippen LogP contribution in [0.3, 0.4) is 0 Å². The highest BCUT2D eigenvalue weighted by atomic mass is 32.2. The number of amides is 1. The van der Waals surface area contributed by atoms with E-state index in [2.05, 4.69) is 45.5 Å². The van der Waals surface area contributed by atoms with Crippen molar-refractivity contribution >= 4 is 46.0 Å². The lowest BCUT2D eigenvalue weighted by Crippen LogP contribution is -2.28. The van der Waals surface area contributed by atoms with Crippen LogP contribution in [0.25, 0.3) is 6.08 Å². The summed E-state index contributed by atoms with van der Waals surface area (Å²) in [7, 11) is 0. The maximum atomic E-state index is 12.8. The van der Waals surface area contributed by atoms with Gasteiger partial charge in [0.1, 0.15) is 4.32 Å². The molecule has 0 unspecified atom stereocenters.